The van der Waals surface area contributed by atoms with Crippen LogP contribution in [0, 0.1) is 11.8 Å². The molecule has 74 valence electrons. The first-order valence-electron chi connectivity index (χ1n) is 4.51. The van der Waals surface area contributed by atoms with Gasteiger partial charge in [0.2, 0.25) is 5.91 Å². The Bertz CT molecular complexity index is 223. The lowest BCUT2D eigenvalue weighted by molar-refractivity contribution is -0.125. The zero-order valence-corrected chi connectivity index (χ0v) is 8.61. The lowest BCUT2D eigenvalue weighted by atomic mass is 9.97. The molecule has 1 amide bonds. The average molecular weight is 182 g/mol. The topological polar surface area (TPSA) is 55.1 Å². The molecule has 0 bridgehead atoms. The van der Waals surface area contributed by atoms with Crippen LogP contribution in [0.25, 0.3) is 0 Å². The number of nitrogens with two attached hydrogens (primary N) is 1. The summed E-state index contributed by atoms with van der Waals surface area (Å²) < 4.78 is 0. The van der Waals surface area contributed by atoms with Crippen molar-refractivity contribution in [3.05, 3.63) is 0 Å². The van der Waals surface area contributed by atoms with E-state index in [9.17, 15) is 4.79 Å². The van der Waals surface area contributed by atoms with Crippen molar-refractivity contribution >= 4 is 5.91 Å². The second kappa shape index (κ2) is 5.60. The number of hydrogen-bond acceptors (Lipinski definition) is 2. The number of carbonyl (C=O) groups excluding carboxylic acids is 1. The minimum Gasteiger partial charge on any atom is -0.344 e. The van der Waals surface area contributed by atoms with Crippen molar-refractivity contribution in [2.24, 2.45) is 5.73 Å². The molecule has 0 saturated heterocycles. The monoisotopic (exact) mass is 182 g/mol. The van der Waals surface area contributed by atoms with Gasteiger partial charge in [0.1, 0.15) is 0 Å². The normalized spacial score (nSPS) is 13.8. The van der Waals surface area contributed by atoms with E-state index >= 15 is 0 Å². The maximum Gasteiger partial charge on any atom is 0.240 e. The van der Waals surface area contributed by atoms with Gasteiger partial charge in [0.05, 0.1) is 12.1 Å². The second-order valence-electron chi connectivity index (χ2n) is 3.28. The molecule has 0 radical (unpaired) electrons. The average Bonchev–Trinajstić information content (AvgIpc) is 2.04. The summed E-state index contributed by atoms with van der Waals surface area (Å²) in [5, 5.41) is 2.67. The summed E-state index contributed by atoms with van der Waals surface area (Å²) in [6, 6.07) is 0. The summed E-state index contributed by atoms with van der Waals surface area (Å²) in [5.41, 5.74) is 5.03. The van der Waals surface area contributed by atoms with Crippen molar-refractivity contribution in [2.45, 2.75) is 39.2 Å². The molecule has 0 aromatic carbocycles. The molecule has 0 heterocycles. The van der Waals surface area contributed by atoms with Gasteiger partial charge in [-0.05, 0) is 20.3 Å². The molecule has 3 N–H and O–H groups in total. The molecule has 0 rings (SSSR count). The number of nitrogens with one attached hydrogen (secondary N) is 1. The third-order valence-electron chi connectivity index (χ3n) is 1.80. The Hall–Kier alpha value is -1.01. The van der Waals surface area contributed by atoms with Gasteiger partial charge >= 0.3 is 0 Å². The van der Waals surface area contributed by atoms with Gasteiger partial charge in [0, 0.05) is 0 Å². The van der Waals surface area contributed by atoms with E-state index < -0.39 is 5.54 Å². The van der Waals surface area contributed by atoms with Gasteiger partial charge < -0.3 is 11.1 Å². The fraction of sp³-hybridized carbons (Fsp3) is 0.700. The minimum absolute atomic E-state index is 0.128. The van der Waals surface area contributed by atoms with Crippen molar-refractivity contribution in [3.63, 3.8) is 0 Å². The van der Waals surface area contributed by atoms with E-state index in [4.69, 9.17) is 5.73 Å². The SMILES string of the molecule is CC#CCNC(=O)C(C)(N)CCC. The minimum atomic E-state index is -0.760. The zero-order valence-electron chi connectivity index (χ0n) is 8.61. The Kier molecular flexibility index (Phi) is 5.17. The van der Waals surface area contributed by atoms with Crippen LogP contribution < -0.4 is 11.1 Å². The third kappa shape index (κ3) is 4.54. The van der Waals surface area contributed by atoms with E-state index in [1.54, 1.807) is 13.8 Å². The zero-order chi connectivity index (χ0) is 10.3. The predicted molar refractivity (Wildman–Crippen MR) is 54.0 cm³/mol. The summed E-state index contributed by atoms with van der Waals surface area (Å²) in [4.78, 5) is 11.4. The smallest absolute Gasteiger partial charge is 0.240 e. The second-order valence-corrected chi connectivity index (χ2v) is 3.28. The van der Waals surface area contributed by atoms with Crippen LogP contribution in [0.4, 0.5) is 0 Å². The number of hydrogen-bond donors (Lipinski definition) is 2. The molecular formula is C10H18N2O. The van der Waals surface area contributed by atoms with Crippen molar-refractivity contribution in [2.75, 3.05) is 6.54 Å². The summed E-state index contributed by atoms with van der Waals surface area (Å²) in [5.74, 6) is 5.33. The molecule has 0 aliphatic carbocycles. The molecule has 0 saturated carbocycles. The Balaban J connectivity index is 3.98. The summed E-state index contributed by atoms with van der Waals surface area (Å²) in [7, 11) is 0. The van der Waals surface area contributed by atoms with Gasteiger partial charge in [-0.15, -0.1) is 5.92 Å². The molecule has 0 aliphatic rings. The Morgan fingerprint density at radius 2 is 2.23 bits per heavy atom. The number of amides is 1. The molecule has 1 atom stereocenters. The highest BCUT2D eigenvalue weighted by atomic mass is 16.2. The van der Waals surface area contributed by atoms with Gasteiger partial charge in [-0.1, -0.05) is 19.3 Å². The van der Waals surface area contributed by atoms with Gasteiger partial charge in [-0.25, -0.2) is 0 Å². The molecule has 3 nitrogen and oxygen atoms in total. The van der Waals surface area contributed by atoms with Crippen LogP contribution in [0.15, 0.2) is 0 Å². The molecule has 3 heteroatoms. The van der Waals surface area contributed by atoms with Crippen molar-refractivity contribution in [3.8, 4) is 11.8 Å². The highest BCUT2D eigenvalue weighted by molar-refractivity contribution is 5.85. The van der Waals surface area contributed by atoms with E-state index in [0.717, 1.165) is 6.42 Å². The highest BCUT2D eigenvalue weighted by Gasteiger charge is 2.26. The van der Waals surface area contributed by atoms with Crippen LogP contribution in [-0.4, -0.2) is 18.0 Å². The lowest BCUT2D eigenvalue weighted by Crippen LogP contribution is -2.51. The Morgan fingerprint density at radius 3 is 2.69 bits per heavy atom. The fourth-order valence-electron chi connectivity index (χ4n) is 1.05. The molecule has 13 heavy (non-hydrogen) atoms. The molecule has 0 aromatic rings. The highest BCUT2D eigenvalue weighted by Crippen LogP contribution is 2.07. The first-order valence-corrected chi connectivity index (χ1v) is 4.51. The summed E-state index contributed by atoms with van der Waals surface area (Å²) >= 11 is 0. The quantitative estimate of drug-likeness (QED) is 0.627. The summed E-state index contributed by atoms with van der Waals surface area (Å²) in [6.45, 7) is 5.86. The maximum absolute atomic E-state index is 11.4. The standard InChI is InChI=1S/C10H18N2O/c1-4-6-8-12-9(13)10(3,11)7-5-2/h5,7-8,11H2,1-3H3,(H,12,13). The molecule has 0 aromatic heterocycles. The van der Waals surface area contributed by atoms with Crippen LogP contribution in [0.5, 0.6) is 0 Å². The maximum atomic E-state index is 11.4. The third-order valence-corrected chi connectivity index (χ3v) is 1.80. The van der Waals surface area contributed by atoms with Gasteiger partial charge in [-0.3, -0.25) is 4.79 Å². The number of carbonyl (C=O) groups is 1. The lowest BCUT2D eigenvalue weighted by Gasteiger charge is -2.21. The molecular weight excluding hydrogens is 164 g/mol. The van der Waals surface area contributed by atoms with Crippen LogP contribution in [0.1, 0.15) is 33.6 Å². The van der Waals surface area contributed by atoms with E-state index in [1.807, 2.05) is 6.92 Å². The van der Waals surface area contributed by atoms with Gasteiger partial charge in [0.25, 0.3) is 0 Å². The van der Waals surface area contributed by atoms with Gasteiger partial charge in [-0.2, -0.15) is 0 Å². The summed E-state index contributed by atoms with van der Waals surface area (Å²) in [6.07, 6.45) is 1.60. The molecule has 0 aliphatic heterocycles. The van der Waals surface area contributed by atoms with E-state index in [0.29, 0.717) is 13.0 Å². The Morgan fingerprint density at radius 1 is 1.62 bits per heavy atom. The number of rotatable bonds is 4. The van der Waals surface area contributed by atoms with Crippen molar-refractivity contribution in [1.29, 1.82) is 0 Å². The van der Waals surface area contributed by atoms with Crippen molar-refractivity contribution < 1.29 is 4.79 Å². The molecule has 1 unspecified atom stereocenters. The van der Waals surface area contributed by atoms with Crippen LogP contribution in [-0.2, 0) is 4.79 Å². The molecule has 0 fully saturated rings. The van der Waals surface area contributed by atoms with Crippen LogP contribution >= 0.6 is 0 Å². The fourth-order valence-corrected chi connectivity index (χ4v) is 1.05. The largest absolute Gasteiger partial charge is 0.344 e. The van der Waals surface area contributed by atoms with E-state index in [1.165, 1.54) is 0 Å². The van der Waals surface area contributed by atoms with Gasteiger partial charge in [0.15, 0.2) is 0 Å². The first kappa shape index (κ1) is 12.0. The van der Waals surface area contributed by atoms with E-state index in [2.05, 4.69) is 17.2 Å². The first-order chi connectivity index (χ1) is 6.04. The van der Waals surface area contributed by atoms with Crippen molar-refractivity contribution in [1.82, 2.24) is 5.32 Å². The Labute approximate surface area is 80.1 Å². The predicted octanol–water partition coefficient (Wildman–Crippen LogP) is 0.643. The van der Waals surface area contributed by atoms with Crippen LogP contribution in [0.2, 0.25) is 0 Å². The molecule has 0 spiro atoms. The van der Waals surface area contributed by atoms with Crippen LogP contribution in [0.3, 0.4) is 0 Å². The van der Waals surface area contributed by atoms with E-state index in [-0.39, 0.29) is 5.91 Å².